The van der Waals surface area contributed by atoms with Crippen LogP contribution in [0.3, 0.4) is 0 Å². The summed E-state index contributed by atoms with van der Waals surface area (Å²) in [6.45, 7) is -1.13. The van der Waals surface area contributed by atoms with E-state index >= 15 is 0 Å². The average Bonchev–Trinajstić information content (AvgIpc) is 3.49. The Labute approximate surface area is 234 Å². The Morgan fingerprint density at radius 1 is 1.21 bits per heavy atom. The van der Waals surface area contributed by atoms with Crippen molar-refractivity contribution in [3.63, 3.8) is 0 Å². The van der Waals surface area contributed by atoms with E-state index in [9.17, 15) is 28.3 Å². The molecule has 0 saturated carbocycles. The van der Waals surface area contributed by atoms with Gasteiger partial charge >= 0.3 is 21.6 Å². The number of anilines is 1. The number of hydrogen-bond acceptors (Lipinski definition) is 15. The number of imidazole rings is 1. The number of esters is 1. The molecule has 0 amide bonds. The van der Waals surface area contributed by atoms with Crippen molar-refractivity contribution in [2.75, 3.05) is 12.3 Å². The van der Waals surface area contributed by atoms with Crippen LogP contribution in [0.4, 0.5) is 5.82 Å². The van der Waals surface area contributed by atoms with Crippen molar-refractivity contribution >= 4 is 46.4 Å². The van der Waals surface area contributed by atoms with Crippen LogP contribution in [-0.2, 0) is 42.9 Å². The van der Waals surface area contributed by atoms with Crippen LogP contribution in [0.5, 0.6) is 0 Å². The van der Waals surface area contributed by atoms with Crippen molar-refractivity contribution in [1.29, 1.82) is 0 Å². The van der Waals surface area contributed by atoms with Crippen molar-refractivity contribution in [2.45, 2.75) is 31.4 Å². The van der Waals surface area contributed by atoms with Gasteiger partial charge in [-0.05, 0) is 17.2 Å². The molecule has 1 aliphatic heterocycles. The molecule has 1 fully saturated rings. The normalized spacial score (nSPS) is 21.8. The van der Waals surface area contributed by atoms with E-state index < -0.39 is 54.5 Å². The van der Waals surface area contributed by atoms with Gasteiger partial charge in [0.15, 0.2) is 11.5 Å². The molecule has 0 bridgehead atoms. The van der Waals surface area contributed by atoms with Crippen molar-refractivity contribution in [2.24, 2.45) is 5.11 Å². The van der Waals surface area contributed by atoms with Gasteiger partial charge in [0.05, 0.1) is 25.0 Å². The second kappa shape index (κ2) is 12.5. The Hall–Kier alpha value is -3.28. The lowest BCUT2D eigenvalue weighted by Gasteiger charge is -2.26. The number of nitrogens with zero attached hydrogens (tertiary/aromatic N) is 7. The smallest absolute Gasteiger partial charge is 0.487 e. The van der Waals surface area contributed by atoms with Crippen LogP contribution in [0.2, 0.25) is 0 Å². The molecule has 21 nitrogen and oxygen atoms in total. The number of phosphoric ester groups is 1. The molecule has 5 atom stereocenters. The Kier molecular flexibility index (Phi) is 9.44. The van der Waals surface area contributed by atoms with Gasteiger partial charge in [0, 0.05) is 11.3 Å². The first-order valence-corrected chi connectivity index (χ1v) is 15.8. The summed E-state index contributed by atoms with van der Waals surface area (Å²) in [4.78, 5) is 66.7. The Morgan fingerprint density at radius 2 is 1.95 bits per heavy atom. The van der Waals surface area contributed by atoms with Gasteiger partial charge in [-0.15, -0.1) is 0 Å². The minimum Gasteiger partial charge on any atom is -0.756 e. The summed E-state index contributed by atoms with van der Waals surface area (Å²) in [5.41, 5.74) is 15.3. The highest BCUT2D eigenvalue weighted by Crippen LogP contribution is 2.65. The fourth-order valence-electron chi connectivity index (χ4n) is 3.86. The second-order valence-corrected chi connectivity index (χ2v) is 12.7. The number of carbonyl (C=O) groups excluding carboxylic acids is 1. The van der Waals surface area contributed by atoms with E-state index in [1.807, 2.05) is 0 Å². The monoisotopic (exact) mass is 649 g/mol. The predicted octanol–water partition coefficient (Wildman–Crippen LogP) is 1.44. The number of phosphoric acid groups is 3. The maximum atomic E-state index is 13.1. The first kappa shape index (κ1) is 31.7. The second-order valence-electron chi connectivity index (χ2n) is 8.30. The summed E-state index contributed by atoms with van der Waals surface area (Å²) >= 11 is 0. The predicted molar refractivity (Wildman–Crippen MR) is 134 cm³/mol. The highest BCUT2D eigenvalue weighted by Gasteiger charge is 2.42. The number of nitrogen functional groups attached to an aromatic ring is 1. The molecule has 3 heterocycles. The molecule has 2 unspecified atom stereocenters. The summed E-state index contributed by atoms with van der Waals surface area (Å²) in [7, 11) is -17.2. The summed E-state index contributed by atoms with van der Waals surface area (Å²) in [5.74, 6) is -0.830. The first-order chi connectivity index (χ1) is 19.7. The van der Waals surface area contributed by atoms with Gasteiger partial charge in [-0.3, -0.25) is 9.13 Å². The van der Waals surface area contributed by atoms with Crippen molar-refractivity contribution < 1.29 is 60.7 Å². The molecule has 5 N–H and O–H groups in total. The maximum absolute atomic E-state index is 13.1. The molecule has 0 spiro atoms. The van der Waals surface area contributed by atoms with Crippen LogP contribution >= 0.6 is 23.5 Å². The largest absolute Gasteiger partial charge is 0.756 e. The topological polar surface area (TPSA) is 317 Å². The van der Waals surface area contributed by atoms with Gasteiger partial charge in [0.1, 0.15) is 30.3 Å². The lowest BCUT2D eigenvalue weighted by atomic mass is 10.1. The number of azide groups is 1. The molecule has 1 aromatic carbocycles. The van der Waals surface area contributed by atoms with Crippen LogP contribution in [0, 0.1) is 0 Å². The Balaban J connectivity index is 1.57. The van der Waals surface area contributed by atoms with Crippen LogP contribution in [-0.4, -0.2) is 59.0 Å². The first-order valence-electron chi connectivity index (χ1n) is 11.3. The average molecular weight is 649 g/mol. The third-order valence-electron chi connectivity index (χ3n) is 5.49. The molecule has 0 radical (unpaired) electrons. The van der Waals surface area contributed by atoms with Gasteiger partial charge < -0.3 is 39.3 Å². The van der Waals surface area contributed by atoms with Crippen LogP contribution < -0.4 is 10.6 Å². The van der Waals surface area contributed by atoms with Crippen LogP contribution in [0.25, 0.3) is 21.6 Å². The maximum Gasteiger partial charge on any atom is 0.487 e. The van der Waals surface area contributed by atoms with E-state index in [2.05, 4.69) is 38.1 Å². The van der Waals surface area contributed by atoms with Crippen molar-refractivity contribution in [1.82, 2.24) is 19.5 Å². The lowest BCUT2D eigenvalue weighted by Crippen LogP contribution is -2.32. The summed E-state index contributed by atoms with van der Waals surface area (Å²) in [6, 6.07) is 6.07. The van der Waals surface area contributed by atoms with Gasteiger partial charge in [-0.2, -0.15) is 4.31 Å². The van der Waals surface area contributed by atoms with E-state index in [-0.39, 0.29) is 35.5 Å². The standard InChI is InChI=1S/C18H21N8O13P3/c19-16-15-17(22-8-21-16)26(9-23-15)14-5-12(37-18(27)11-4-2-1-3-10(11)6-24-25-20)13(36-14)7-35-41(31,32)39-42(33,34)38-40(28,29)30/h1-4,8-9,12-14H,5-7H2,(H,31,32)(H,33,34)(H2,19,21,22)(H2,28,29,30)/p-1/t12-,13-,14-/m1/s1. The molecular weight excluding hydrogens is 629 g/mol. The van der Waals surface area contributed by atoms with Gasteiger partial charge in [-0.25, -0.2) is 33.2 Å². The minimum absolute atomic E-state index is 0.0373. The van der Waals surface area contributed by atoms with Gasteiger partial charge in [0.25, 0.3) is 7.82 Å². The van der Waals surface area contributed by atoms with E-state index in [0.717, 1.165) is 0 Å². The molecule has 24 heteroatoms. The van der Waals surface area contributed by atoms with Crippen LogP contribution in [0.15, 0.2) is 42.0 Å². The van der Waals surface area contributed by atoms with E-state index in [4.69, 9.17) is 30.5 Å². The third-order valence-corrected chi connectivity index (χ3v) is 9.25. The Morgan fingerprint density at radius 3 is 2.67 bits per heavy atom. The number of benzene rings is 1. The van der Waals surface area contributed by atoms with E-state index in [1.54, 1.807) is 6.07 Å². The summed E-state index contributed by atoms with van der Waals surface area (Å²) < 4.78 is 59.4. The molecule has 42 heavy (non-hydrogen) atoms. The molecule has 1 aliphatic rings. The minimum atomic E-state index is -5.84. The number of rotatable bonds is 12. The molecule has 4 rings (SSSR count). The quantitative estimate of drug-likeness (QED) is 0.0708. The molecule has 0 aliphatic carbocycles. The fourth-order valence-corrected chi connectivity index (χ4v) is 6.85. The summed E-state index contributed by atoms with van der Waals surface area (Å²) in [6.07, 6.45) is -1.21. The number of aromatic nitrogens is 4. The van der Waals surface area contributed by atoms with Crippen molar-refractivity contribution in [3.05, 3.63) is 58.5 Å². The number of carbonyl (C=O) groups is 1. The van der Waals surface area contributed by atoms with E-state index in [0.29, 0.717) is 5.56 Å². The zero-order valence-corrected chi connectivity index (χ0v) is 23.5. The molecule has 2 aromatic heterocycles. The SMILES string of the molecule is [N-]=[N+]=NCc1ccccc1C(=O)O[C@@H]1C[C@H](n2cnc3c(N)ncnc32)O[C@@H]1COP(=O)([O-])OP(=O)(O)OP(=O)(O)O. The third kappa shape index (κ3) is 7.96. The fraction of sp³-hybridized carbons (Fsp3) is 0.333. The molecule has 3 aromatic rings. The van der Waals surface area contributed by atoms with Gasteiger partial charge in [0.2, 0.25) is 0 Å². The number of ether oxygens (including phenoxy) is 2. The highest BCUT2D eigenvalue weighted by atomic mass is 31.3. The van der Waals surface area contributed by atoms with Crippen LogP contribution in [0.1, 0.15) is 28.6 Å². The number of nitrogens with two attached hydrogens (primary N) is 1. The number of hydrogen-bond donors (Lipinski definition) is 4. The molecule has 1 saturated heterocycles. The Bertz CT molecular complexity index is 1670. The summed E-state index contributed by atoms with van der Waals surface area (Å²) in [5, 5.41) is 3.43. The highest BCUT2D eigenvalue weighted by molar-refractivity contribution is 7.66. The van der Waals surface area contributed by atoms with E-state index in [1.165, 1.54) is 35.4 Å². The molecule has 226 valence electrons. The van der Waals surface area contributed by atoms with Crippen molar-refractivity contribution in [3.8, 4) is 0 Å². The zero-order chi connectivity index (χ0) is 30.7. The lowest BCUT2D eigenvalue weighted by molar-refractivity contribution is -0.221. The van der Waals surface area contributed by atoms with Gasteiger partial charge in [-0.1, -0.05) is 23.3 Å². The molecular formula is C18H20N8O13P3-. The number of fused-ring (bicyclic) bond motifs is 1. The zero-order valence-electron chi connectivity index (χ0n) is 20.8.